The summed E-state index contributed by atoms with van der Waals surface area (Å²) in [6, 6.07) is 19.0. The largest absolute Gasteiger partial charge is 0.506 e. The highest BCUT2D eigenvalue weighted by Crippen LogP contribution is 2.29. The van der Waals surface area contributed by atoms with Gasteiger partial charge in [0.15, 0.2) is 0 Å². The van der Waals surface area contributed by atoms with E-state index < -0.39 is 0 Å². The Bertz CT molecular complexity index is 1100. The normalized spacial score (nSPS) is 10.8. The lowest BCUT2D eigenvalue weighted by Crippen LogP contribution is -2.12. The molecule has 4 aromatic rings. The number of rotatable bonds is 5. The van der Waals surface area contributed by atoms with Crippen LogP contribution in [0.25, 0.3) is 10.6 Å². The molecule has 0 aliphatic heterocycles. The molecular weight excluding hydrogens is 370 g/mol. The summed E-state index contributed by atoms with van der Waals surface area (Å²) in [7, 11) is 0. The number of anilines is 1. The van der Waals surface area contributed by atoms with Gasteiger partial charge >= 0.3 is 0 Å². The van der Waals surface area contributed by atoms with Crippen molar-refractivity contribution < 1.29 is 9.90 Å². The van der Waals surface area contributed by atoms with E-state index in [1.807, 2.05) is 60.8 Å². The molecule has 0 saturated heterocycles. The van der Waals surface area contributed by atoms with E-state index in [9.17, 15) is 9.90 Å². The molecule has 0 saturated carbocycles. The number of aromatic hydroxyl groups is 1. The highest BCUT2D eigenvalue weighted by atomic mass is 32.1. The van der Waals surface area contributed by atoms with Crippen LogP contribution in [0, 0.1) is 6.92 Å². The minimum absolute atomic E-state index is 0.0442. The van der Waals surface area contributed by atoms with E-state index in [1.165, 1.54) is 11.3 Å². The topological polar surface area (TPSA) is 67.2 Å². The Labute approximate surface area is 166 Å². The average molecular weight is 389 g/mol. The number of benzene rings is 2. The van der Waals surface area contributed by atoms with Crippen LogP contribution >= 0.6 is 11.3 Å². The van der Waals surface area contributed by atoms with Gasteiger partial charge in [-0.1, -0.05) is 42.5 Å². The molecule has 0 fully saturated rings. The van der Waals surface area contributed by atoms with Crippen LogP contribution in [0.2, 0.25) is 0 Å². The zero-order valence-corrected chi connectivity index (χ0v) is 16.1. The van der Waals surface area contributed by atoms with E-state index in [4.69, 9.17) is 0 Å². The van der Waals surface area contributed by atoms with Crippen molar-refractivity contribution in [3.8, 4) is 16.3 Å². The van der Waals surface area contributed by atoms with E-state index in [0.717, 1.165) is 16.0 Å². The Kier molecular flexibility index (Phi) is 4.95. The molecule has 0 spiro atoms. The Balaban J connectivity index is 1.67. The summed E-state index contributed by atoms with van der Waals surface area (Å²) in [6.45, 7) is 2.45. The van der Waals surface area contributed by atoms with Crippen LogP contribution in [0.3, 0.4) is 0 Å². The zero-order chi connectivity index (χ0) is 19.5. The number of aromatic nitrogens is 2. The van der Waals surface area contributed by atoms with Crippen LogP contribution in [0.15, 0.2) is 72.2 Å². The van der Waals surface area contributed by atoms with E-state index in [0.29, 0.717) is 23.5 Å². The second kappa shape index (κ2) is 7.70. The van der Waals surface area contributed by atoms with Crippen LogP contribution < -0.4 is 5.32 Å². The molecule has 6 heteroatoms. The lowest BCUT2D eigenvalue weighted by Gasteiger charge is -2.07. The number of hydrogen-bond donors (Lipinski definition) is 2. The summed E-state index contributed by atoms with van der Waals surface area (Å²) >= 11 is 1.53. The third kappa shape index (κ3) is 3.82. The van der Waals surface area contributed by atoms with Crippen molar-refractivity contribution in [1.82, 2.24) is 9.78 Å². The first-order valence-electron chi connectivity index (χ1n) is 8.86. The van der Waals surface area contributed by atoms with Crippen molar-refractivity contribution in [2.75, 3.05) is 5.32 Å². The SMILES string of the molecule is Cc1ccc(NC(=O)c2cn(Cc3ccccc3)nc2-c2cccs2)c(O)c1. The lowest BCUT2D eigenvalue weighted by atomic mass is 10.1. The first-order chi connectivity index (χ1) is 13.6. The molecule has 2 N–H and O–H groups in total. The summed E-state index contributed by atoms with van der Waals surface area (Å²) in [5.41, 5.74) is 3.51. The van der Waals surface area contributed by atoms with Gasteiger partial charge in [0.25, 0.3) is 5.91 Å². The molecule has 2 aromatic carbocycles. The van der Waals surface area contributed by atoms with E-state index >= 15 is 0 Å². The molecule has 2 heterocycles. The van der Waals surface area contributed by atoms with Crippen molar-refractivity contribution in [2.24, 2.45) is 0 Å². The van der Waals surface area contributed by atoms with Crippen molar-refractivity contribution >= 4 is 22.9 Å². The summed E-state index contributed by atoms with van der Waals surface area (Å²) in [5.74, 6) is -0.260. The third-order valence-corrected chi connectivity index (χ3v) is 5.23. The van der Waals surface area contributed by atoms with Crippen LogP contribution in [-0.2, 0) is 6.54 Å². The average Bonchev–Trinajstić information content (AvgIpc) is 3.34. The maximum Gasteiger partial charge on any atom is 0.259 e. The van der Waals surface area contributed by atoms with Gasteiger partial charge in [0.05, 0.1) is 22.7 Å². The molecule has 5 nitrogen and oxygen atoms in total. The van der Waals surface area contributed by atoms with Crippen LogP contribution in [0.4, 0.5) is 5.69 Å². The number of carbonyl (C=O) groups excluding carboxylic acids is 1. The quantitative estimate of drug-likeness (QED) is 0.476. The van der Waals surface area contributed by atoms with Crippen LogP contribution in [0.1, 0.15) is 21.5 Å². The minimum Gasteiger partial charge on any atom is -0.506 e. The molecule has 28 heavy (non-hydrogen) atoms. The van der Waals surface area contributed by atoms with Gasteiger partial charge in [-0.3, -0.25) is 9.48 Å². The summed E-state index contributed by atoms with van der Waals surface area (Å²) in [4.78, 5) is 13.9. The highest BCUT2D eigenvalue weighted by molar-refractivity contribution is 7.13. The van der Waals surface area contributed by atoms with Crippen LogP contribution in [-0.4, -0.2) is 20.8 Å². The lowest BCUT2D eigenvalue weighted by molar-refractivity contribution is 0.102. The van der Waals surface area contributed by atoms with Gasteiger partial charge in [-0.15, -0.1) is 11.3 Å². The van der Waals surface area contributed by atoms with Crippen LogP contribution in [0.5, 0.6) is 5.75 Å². The van der Waals surface area contributed by atoms with Crippen molar-refractivity contribution in [2.45, 2.75) is 13.5 Å². The van der Waals surface area contributed by atoms with Gasteiger partial charge in [-0.25, -0.2) is 0 Å². The number of thiophene rings is 1. The number of nitrogens with one attached hydrogen (secondary N) is 1. The number of amides is 1. The van der Waals surface area contributed by atoms with Gasteiger partial charge in [0.1, 0.15) is 11.4 Å². The fourth-order valence-electron chi connectivity index (χ4n) is 2.97. The van der Waals surface area contributed by atoms with Crippen molar-refractivity contribution in [3.63, 3.8) is 0 Å². The second-order valence-corrected chi connectivity index (χ2v) is 7.47. The number of carbonyl (C=O) groups is 1. The fraction of sp³-hybridized carbons (Fsp3) is 0.0909. The maximum absolute atomic E-state index is 13.0. The van der Waals surface area contributed by atoms with E-state index in [-0.39, 0.29) is 11.7 Å². The molecule has 0 aliphatic carbocycles. The molecule has 140 valence electrons. The molecule has 0 atom stereocenters. The zero-order valence-electron chi connectivity index (χ0n) is 15.3. The summed E-state index contributed by atoms with van der Waals surface area (Å²) in [6.07, 6.45) is 1.75. The number of aryl methyl sites for hydroxylation is 1. The van der Waals surface area contributed by atoms with Gasteiger partial charge < -0.3 is 10.4 Å². The Morgan fingerprint density at radius 1 is 1.14 bits per heavy atom. The molecule has 2 aromatic heterocycles. The van der Waals surface area contributed by atoms with Crippen molar-refractivity contribution in [3.05, 3.63) is 88.9 Å². The van der Waals surface area contributed by atoms with E-state index in [1.54, 1.807) is 23.0 Å². The number of phenols is 1. The van der Waals surface area contributed by atoms with E-state index in [2.05, 4.69) is 10.4 Å². The first-order valence-corrected chi connectivity index (χ1v) is 9.74. The molecule has 0 aliphatic rings. The Hall–Kier alpha value is -3.38. The monoisotopic (exact) mass is 389 g/mol. The predicted molar refractivity (Wildman–Crippen MR) is 112 cm³/mol. The Morgan fingerprint density at radius 2 is 1.96 bits per heavy atom. The molecule has 1 amide bonds. The number of phenolic OH excluding ortho intramolecular Hbond substituents is 1. The van der Waals surface area contributed by atoms with Gasteiger partial charge in [0, 0.05) is 6.20 Å². The fourth-order valence-corrected chi connectivity index (χ4v) is 3.69. The first kappa shape index (κ1) is 18.0. The maximum atomic E-state index is 13.0. The summed E-state index contributed by atoms with van der Waals surface area (Å²) < 4.78 is 1.77. The van der Waals surface area contributed by atoms with Gasteiger partial charge in [-0.05, 0) is 41.6 Å². The Morgan fingerprint density at radius 3 is 2.68 bits per heavy atom. The highest BCUT2D eigenvalue weighted by Gasteiger charge is 2.20. The molecule has 0 radical (unpaired) electrons. The third-order valence-electron chi connectivity index (χ3n) is 4.35. The molecule has 0 unspecified atom stereocenters. The smallest absolute Gasteiger partial charge is 0.259 e. The minimum atomic E-state index is -0.304. The second-order valence-electron chi connectivity index (χ2n) is 6.53. The molecule has 0 bridgehead atoms. The summed E-state index contributed by atoms with van der Waals surface area (Å²) in [5, 5.41) is 19.5. The standard InChI is InChI=1S/C22H19N3O2S/c1-15-9-10-18(19(26)12-15)23-22(27)17-14-25(13-16-6-3-2-4-7-16)24-21(17)20-8-5-11-28-20/h2-12,14,26H,13H2,1H3,(H,23,27). The molecular formula is C22H19N3O2S. The van der Waals surface area contributed by atoms with Gasteiger partial charge in [-0.2, -0.15) is 5.10 Å². The number of nitrogens with zero attached hydrogens (tertiary/aromatic N) is 2. The van der Waals surface area contributed by atoms with Crippen molar-refractivity contribution in [1.29, 1.82) is 0 Å². The number of hydrogen-bond acceptors (Lipinski definition) is 4. The van der Waals surface area contributed by atoms with Gasteiger partial charge in [0.2, 0.25) is 0 Å². The predicted octanol–water partition coefficient (Wildman–Crippen LogP) is 4.93. The molecule has 4 rings (SSSR count).